The number of hydrogen-bond acceptors (Lipinski definition) is 5. The lowest BCUT2D eigenvalue weighted by atomic mass is 10.1. The maximum absolute atomic E-state index is 12.6. The van der Waals surface area contributed by atoms with Crippen molar-refractivity contribution >= 4 is 11.9 Å². The monoisotopic (exact) mass is 358 g/mol. The fraction of sp³-hybridized carbons (Fsp3) is 0.556. The Hall–Kier alpha value is -2.64. The maximum Gasteiger partial charge on any atom is 0.255 e. The molecule has 0 aliphatic carbocycles. The molecule has 2 N–H and O–H groups in total. The molecule has 2 aromatic heterocycles. The van der Waals surface area contributed by atoms with E-state index in [0.29, 0.717) is 50.3 Å². The quantitative estimate of drug-likeness (QED) is 0.840. The molecule has 26 heavy (non-hydrogen) atoms. The van der Waals surface area contributed by atoms with Gasteiger partial charge < -0.3 is 9.80 Å². The van der Waals surface area contributed by atoms with E-state index in [1.54, 1.807) is 4.90 Å². The molecule has 1 amide bonds. The van der Waals surface area contributed by atoms with Crippen LogP contribution in [0.25, 0.3) is 0 Å². The van der Waals surface area contributed by atoms with Crippen molar-refractivity contribution in [3.63, 3.8) is 0 Å². The molecule has 1 aliphatic rings. The Morgan fingerprint density at radius 3 is 2.62 bits per heavy atom. The summed E-state index contributed by atoms with van der Waals surface area (Å²) in [5.41, 5.74) is 4.50. The number of fused-ring (bicyclic) bond motifs is 1. The van der Waals surface area contributed by atoms with Gasteiger partial charge in [-0.25, -0.2) is 4.98 Å². The van der Waals surface area contributed by atoms with E-state index in [1.165, 1.54) is 0 Å². The van der Waals surface area contributed by atoms with Crippen molar-refractivity contribution in [2.45, 2.75) is 39.5 Å². The number of nitrogens with zero attached hydrogens (tertiary/aromatic N) is 4. The van der Waals surface area contributed by atoms with Crippen LogP contribution in [-0.2, 0) is 24.1 Å². The summed E-state index contributed by atoms with van der Waals surface area (Å²) >= 11 is 0. The zero-order valence-corrected chi connectivity index (χ0v) is 15.8. The molecule has 3 heterocycles. The molecule has 8 nitrogen and oxygen atoms in total. The highest BCUT2D eigenvalue weighted by atomic mass is 16.2. The molecular formula is C18H26N6O2. The van der Waals surface area contributed by atoms with Gasteiger partial charge in [-0.05, 0) is 25.8 Å². The topological polar surface area (TPSA) is 98.0 Å². The zero-order valence-electron chi connectivity index (χ0n) is 15.8. The molecule has 0 aromatic carbocycles. The maximum atomic E-state index is 12.6. The second-order valence-electron chi connectivity index (χ2n) is 7.01. The van der Waals surface area contributed by atoms with Crippen LogP contribution < -0.4 is 10.5 Å². The summed E-state index contributed by atoms with van der Waals surface area (Å²) in [4.78, 5) is 35.9. The summed E-state index contributed by atoms with van der Waals surface area (Å²) in [6.45, 7) is 5.14. The largest absolute Gasteiger partial charge is 0.348 e. The number of H-pyrrole nitrogens is 2. The van der Waals surface area contributed by atoms with E-state index in [1.807, 2.05) is 32.8 Å². The highest BCUT2D eigenvalue weighted by Crippen LogP contribution is 2.15. The van der Waals surface area contributed by atoms with Crippen LogP contribution in [0.4, 0.5) is 5.95 Å². The number of carbonyl (C=O) groups excluding carboxylic acids is 1. The Labute approximate surface area is 152 Å². The first-order valence-corrected chi connectivity index (χ1v) is 8.94. The SMILES string of the molecule is Cc1[nH]nc(CCC(=O)N2CCc3nc(N(C)C)[nH]c(=O)c3CC2)c1C. The molecule has 0 fully saturated rings. The van der Waals surface area contributed by atoms with Gasteiger partial charge in [-0.1, -0.05) is 0 Å². The third-order valence-corrected chi connectivity index (χ3v) is 5.04. The lowest BCUT2D eigenvalue weighted by Gasteiger charge is -2.19. The van der Waals surface area contributed by atoms with Crippen molar-refractivity contribution in [3.8, 4) is 0 Å². The number of amides is 1. The molecule has 0 saturated heterocycles. The summed E-state index contributed by atoms with van der Waals surface area (Å²) < 4.78 is 0. The summed E-state index contributed by atoms with van der Waals surface area (Å²) in [6, 6.07) is 0. The van der Waals surface area contributed by atoms with Crippen LogP contribution >= 0.6 is 0 Å². The van der Waals surface area contributed by atoms with Crippen molar-refractivity contribution in [2.75, 3.05) is 32.1 Å². The van der Waals surface area contributed by atoms with Gasteiger partial charge in [-0.2, -0.15) is 5.10 Å². The standard InChI is InChI=1S/C18H26N6O2/c1-11-12(2)21-22-14(11)5-6-16(25)24-9-7-13-15(8-10-24)19-18(23(3)4)20-17(13)26/h5-10H2,1-4H3,(H,21,22)(H,19,20,26). The number of aromatic nitrogens is 4. The van der Waals surface area contributed by atoms with Gasteiger partial charge in [0.25, 0.3) is 5.56 Å². The first-order valence-electron chi connectivity index (χ1n) is 8.94. The van der Waals surface area contributed by atoms with Crippen molar-refractivity contribution in [1.82, 2.24) is 25.1 Å². The number of carbonyl (C=O) groups is 1. The number of aromatic amines is 2. The Morgan fingerprint density at radius 1 is 1.23 bits per heavy atom. The smallest absolute Gasteiger partial charge is 0.255 e. The highest BCUT2D eigenvalue weighted by Gasteiger charge is 2.22. The van der Waals surface area contributed by atoms with E-state index in [2.05, 4.69) is 20.2 Å². The van der Waals surface area contributed by atoms with E-state index >= 15 is 0 Å². The summed E-state index contributed by atoms with van der Waals surface area (Å²) in [7, 11) is 3.69. The lowest BCUT2D eigenvalue weighted by Crippen LogP contribution is -2.33. The van der Waals surface area contributed by atoms with Crippen molar-refractivity contribution in [1.29, 1.82) is 0 Å². The van der Waals surface area contributed by atoms with Gasteiger partial charge in [0.15, 0.2) is 0 Å². The Balaban J connectivity index is 1.66. The fourth-order valence-electron chi connectivity index (χ4n) is 3.22. The average Bonchev–Trinajstić information content (AvgIpc) is 2.81. The van der Waals surface area contributed by atoms with Gasteiger partial charge in [-0.3, -0.25) is 19.7 Å². The molecule has 0 bridgehead atoms. The van der Waals surface area contributed by atoms with Gasteiger partial charge in [0.2, 0.25) is 11.9 Å². The van der Waals surface area contributed by atoms with Crippen molar-refractivity contribution in [2.24, 2.45) is 0 Å². The predicted octanol–water partition coefficient (Wildman–Crippen LogP) is 0.736. The normalized spacial score (nSPS) is 14.1. The van der Waals surface area contributed by atoms with E-state index < -0.39 is 0 Å². The summed E-state index contributed by atoms with van der Waals surface area (Å²) in [5.74, 6) is 0.653. The lowest BCUT2D eigenvalue weighted by molar-refractivity contribution is -0.131. The number of rotatable bonds is 4. The summed E-state index contributed by atoms with van der Waals surface area (Å²) in [6.07, 6.45) is 2.19. The number of aryl methyl sites for hydroxylation is 2. The van der Waals surface area contributed by atoms with Crippen LogP contribution in [-0.4, -0.2) is 58.2 Å². The average molecular weight is 358 g/mol. The van der Waals surface area contributed by atoms with Crippen LogP contribution in [0.3, 0.4) is 0 Å². The summed E-state index contributed by atoms with van der Waals surface area (Å²) in [5, 5.41) is 7.22. The predicted molar refractivity (Wildman–Crippen MR) is 99.6 cm³/mol. The second-order valence-corrected chi connectivity index (χ2v) is 7.01. The third-order valence-electron chi connectivity index (χ3n) is 5.04. The molecule has 2 aromatic rings. The van der Waals surface area contributed by atoms with Gasteiger partial charge in [0.1, 0.15) is 0 Å². The minimum Gasteiger partial charge on any atom is -0.348 e. The van der Waals surface area contributed by atoms with Gasteiger partial charge in [-0.15, -0.1) is 0 Å². The van der Waals surface area contributed by atoms with Crippen molar-refractivity contribution in [3.05, 3.63) is 38.6 Å². The molecular weight excluding hydrogens is 332 g/mol. The van der Waals surface area contributed by atoms with Crippen LogP contribution in [0.5, 0.6) is 0 Å². The van der Waals surface area contributed by atoms with Crippen molar-refractivity contribution < 1.29 is 4.79 Å². The number of nitrogens with one attached hydrogen (secondary N) is 2. The van der Waals surface area contributed by atoms with Gasteiger partial charge >= 0.3 is 0 Å². The molecule has 140 valence electrons. The number of hydrogen-bond donors (Lipinski definition) is 2. The van der Waals surface area contributed by atoms with E-state index in [0.717, 1.165) is 22.6 Å². The zero-order chi connectivity index (χ0) is 18.8. The molecule has 0 unspecified atom stereocenters. The van der Waals surface area contributed by atoms with E-state index in [-0.39, 0.29) is 11.5 Å². The van der Waals surface area contributed by atoms with Gasteiger partial charge in [0, 0.05) is 57.7 Å². The Morgan fingerprint density at radius 2 is 1.96 bits per heavy atom. The van der Waals surface area contributed by atoms with Crippen LogP contribution in [0, 0.1) is 13.8 Å². The van der Waals surface area contributed by atoms with Crippen LogP contribution in [0.1, 0.15) is 34.6 Å². The van der Waals surface area contributed by atoms with E-state index in [9.17, 15) is 9.59 Å². The molecule has 3 rings (SSSR count). The minimum absolute atomic E-state index is 0.0992. The second kappa shape index (κ2) is 7.31. The first kappa shape index (κ1) is 18.2. The first-order chi connectivity index (χ1) is 12.4. The molecule has 0 spiro atoms. The minimum atomic E-state index is -0.101. The van der Waals surface area contributed by atoms with Gasteiger partial charge in [0.05, 0.1) is 11.4 Å². The molecule has 0 radical (unpaired) electrons. The molecule has 0 saturated carbocycles. The third kappa shape index (κ3) is 3.63. The molecule has 8 heteroatoms. The highest BCUT2D eigenvalue weighted by molar-refractivity contribution is 5.76. The Bertz CT molecular complexity index is 867. The molecule has 0 atom stereocenters. The van der Waals surface area contributed by atoms with E-state index in [4.69, 9.17) is 0 Å². The van der Waals surface area contributed by atoms with Crippen LogP contribution in [0.2, 0.25) is 0 Å². The Kier molecular flexibility index (Phi) is 5.11. The fourth-order valence-corrected chi connectivity index (χ4v) is 3.22. The molecule has 1 aliphatic heterocycles. The van der Waals surface area contributed by atoms with Crippen LogP contribution in [0.15, 0.2) is 4.79 Å². The number of anilines is 1.